The van der Waals surface area contributed by atoms with E-state index >= 15 is 0 Å². The molecule has 65 heavy (non-hydrogen) atoms. The highest BCUT2D eigenvalue weighted by atomic mass is 35.5. The maximum absolute atomic E-state index is 12.2. The minimum Gasteiger partial charge on any atom is -0.406 e. The normalized spacial score (nSPS) is 12.2. The van der Waals surface area contributed by atoms with E-state index in [1.54, 1.807) is 18.5 Å². The lowest BCUT2D eigenvalue weighted by molar-refractivity contribution is -0.275. The molecule has 1 aliphatic heterocycles. The van der Waals surface area contributed by atoms with Crippen LogP contribution < -0.4 is 9.47 Å². The van der Waals surface area contributed by atoms with Crippen LogP contribution in [0.5, 0.6) is 11.5 Å². The molecule has 0 atom stereocenters. The molecule has 0 saturated carbocycles. The fraction of sp³-hybridized carbons (Fsp3) is 0.282. The molecule has 0 bridgehead atoms. The minimum atomic E-state index is -4.75. The molecule has 26 heteroatoms. The number of hydrogen-bond acceptors (Lipinski definition) is 15. The number of alkyl halides is 7. The molecule has 7 heterocycles. The van der Waals surface area contributed by atoms with Gasteiger partial charge in [0.05, 0.1) is 21.1 Å². The number of thiophene rings is 2. The topological polar surface area (TPSA) is 178 Å². The molecule has 0 radical (unpaired) electrons. The van der Waals surface area contributed by atoms with Gasteiger partial charge in [0.1, 0.15) is 23.1 Å². The smallest absolute Gasteiger partial charge is 0.406 e. The second kappa shape index (κ2) is 23.0. The zero-order valence-corrected chi connectivity index (χ0v) is 36.9. The number of benzene rings is 2. The number of ether oxygens (including phenoxy) is 3. The van der Waals surface area contributed by atoms with Crippen LogP contribution in [0.4, 0.5) is 26.3 Å². The van der Waals surface area contributed by atoms with Crippen molar-refractivity contribution in [1.82, 2.24) is 50.2 Å². The Balaban J connectivity index is 0.000000192. The lowest BCUT2D eigenvalue weighted by Crippen LogP contribution is -2.16. The van der Waals surface area contributed by atoms with Crippen LogP contribution in [0.2, 0.25) is 8.67 Å². The van der Waals surface area contributed by atoms with Crippen molar-refractivity contribution in [2.45, 2.75) is 59.3 Å². The highest BCUT2D eigenvalue weighted by Gasteiger charge is 2.32. The summed E-state index contributed by atoms with van der Waals surface area (Å²) in [4.78, 5) is 18.8. The summed E-state index contributed by atoms with van der Waals surface area (Å²) in [5, 5.41) is 18.5. The van der Waals surface area contributed by atoms with Gasteiger partial charge in [-0.05, 0) is 99.5 Å². The van der Waals surface area contributed by atoms with E-state index in [1.807, 2.05) is 24.3 Å². The molecule has 346 valence electrons. The fourth-order valence-corrected chi connectivity index (χ4v) is 7.35. The van der Waals surface area contributed by atoms with Gasteiger partial charge in [-0.3, -0.25) is 5.10 Å². The quantitative estimate of drug-likeness (QED) is 0.107. The van der Waals surface area contributed by atoms with Gasteiger partial charge in [0.15, 0.2) is 0 Å². The summed E-state index contributed by atoms with van der Waals surface area (Å²) in [5.74, 6) is 2.23. The van der Waals surface area contributed by atoms with Gasteiger partial charge in [0.25, 0.3) is 11.8 Å². The summed E-state index contributed by atoms with van der Waals surface area (Å²) in [6, 6.07) is 17.7. The molecule has 2 aromatic carbocycles. The van der Waals surface area contributed by atoms with Gasteiger partial charge in [-0.1, -0.05) is 40.9 Å². The van der Waals surface area contributed by atoms with Crippen LogP contribution in [0, 0.1) is 13.8 Å². The number of aromatic nitrogens is 10. The first-order valence-corrected chi connectivity index (χ1v) is 21.3. The number of nitrogens with one attached hydrogen (secondary N) is 1. The van der Waals surface area contributed by atoms with Crippen LogP contribution in [-0.4, -0.2) is 76.2 Å². The predicted molar refractivity (Wildman–Crippen MR) is 231 cm³/mol. The lowest BCUT2D eigenvalue weighted by Gasteiger charge is -2.08. The summed E-state index contributed by atoms with van der Waals surface area (Å²) in [6.07, 6.45) is -6.93. The summed E-state index contributed by atoms with van der Waals surface area (Å²) in [7, 11) is 0. The van der Waals surface area contributed by atoms with Crippen LogP contribution in [0.3, 0.4) is 0 Å². The molecule has 1 fully saturated rings. The highest BCUT2D eigenvalue weighted by Crippen LogP contribution is 2.29. The third-order valence-corrected chi connectivity index (χ3v) is 10.8. The minimum absolute atomic E-state index is 0. The highest BCUT2D eigenvalue weighted by molar-refractivity contribution is 7.16. The molecule has 6 aromatic heterocycles. The summed E-state index contributed by atoms with van der Waals surface area (Å²) in [5.41, 5.74) is 0.927. The van der Waals surface area contributed by atoms with Gasteiger partial charge in [-0.2, -0.15) is 9.97 Å². The van der Waals surface area contributed by atoms with Crippen LogP contribution in [0.25, 0.3) is 46.2 Å². The monoisotopic (exact) mass is 1010 g/mol. The van der Waals surface area contributed by atoms with Gasteiger partial charge in [-0.25, -0.2) is 14.6 Å². The van der Waals surface area contributed by atoms with E-state index in [0.717, 1.165) is 39.4 Å². The number of aryl methyl sites for hydroxylation is 2. The number of rotatable bonds is 9. The zero-order chi connectivity index (χ0) is 45.9. The third kappa shape index (κ3) is 15.8. The largest absolute Gasteiger partial charge is 0.573 e. The van der Waals surface area contributed by atoms with Gasteiger partial charge >= 0.3 is 12.7 Å². The molecule has 9 rings (SSSR count). The second-order valence-electron chi connectivity index (χ2n) is 12.7. The van der Waals surface area contributed by atoms with E-state index in [1.165, 1.54) is 71.9 Å². The summed E-state index contributed by atoms with van der Waals surface area (Å²) >= 11 is 20.0. The number of nitrogens with zero attached hydrogens (tertiary/aromatic N) is 9. The molecule has 1 aliphatic rings. The van der Waals surface area contributed by atoms with Crippen molar-refractivity contribution in [2.75, 3.05) is 13.2 Å². The average molecular weight is 1010 g/mol. The van der Waals surface area contributed by atoms with Crippen molar-refractivity contribution in [3.8, 4) is 57.7 Å². The maximum atomic E-state index is 12.2. The van der Waals surface area contributed by atoms with Crippen molar-refractivity contribution in [3.63, 3.8) is 0 Å². The number of aromatic amines is 1. The molecule has 1 saturated heterocycles. The first-order valence-electron chi connectivity index (χ1n) is 18.3. The van der Waals surface area contributed by atoms with Gasteiger partial charge < -0.3 is 23.3 Å². The Kier molecular flexibility index (Phi) is 17.9. The zero-order valence-electron chi connectivity index (χ0n) is 33.0. The van der Waals surface area contributed by atoms with Gasteiger partial charge in [0, 0.05) is 34.1 Å². The summed E-state index contributed by atoms with van der Waals surface area (Å²) < 4.78 is 98.9. The van der Waals surface area contributed by atoms with Crippen molar-refractivity contribution < 1.29 is 49.6 Å². The fourth-order valence-electron chi connectivity index (χ4n) is 5.09. The van der Waals surface area contributed by atoms with Gasteiger partial charge in [0.2, 0.25) is 23.3 Å². The number of H-pyrrole nitrogens is 1. The maximum Gasteiger partial charge on any atom is 0.573 e. The van der Waals surface area contributed by atoms with E-state index in [2.05, 4.69) is 55.0 Å². The Hall–Kier alpha value is -5.59. The van der Waals surface area contributed by atoms with Gasteiger partial charge in [-0.15, -0.1) is 70.8 Å². The Morgan fingerprint density at radius 3 is 1.54 bits per heavy atom. The van der Waals surface area contributed by atoms with Crippen LogP contribution in [0.15, 0.2) is 81.8 Å². The molecular weight excluding hydrogens is 973 g/mol. The molecule has 0 unspecified atom stereocenters. The molecule has 0 aliphatic carbocycles. The standard InChI is InChI=1S/C17H11ClF3N5O2S.C12H8F3N5O2.C5H4Cl2S.C4H8O.CH4/c1-9-22-15(24-26(9)8-12-6-7-13(18)29-12)16-23-14(25-28-16)10-2-4-11(5-3-10)27-17(19,20)21;1-6-16-10(19-18-6)11-17-9(20-22-11)7-2-4-8(5-3-7)21-12(13,14)15;6-3-4-1-2-5(7)8-4;1-2-4-5-3-1;/h2-7H,8H2,1H3;2-5H,1H3,(H,16,18,19);1-2H,3H2;1-4H2;1H4. The number of halogens is 9. The van der Waals surface area contributed by atoms with Crippen LogP contribution in [-0.2, 0) is 17.2 Å². The molecule has 0 amide bonds. The predicted octanol–water partition coefficient (Wildman–Crippen LogP) is 12.3. The Morgan fingerprint density at radius 2 is 1.15 bits per heavy atom. The van der Waals surface area contributed by atoms with Crippen molar-refractivity contribution >= 4 is 57.5 Å². The third-order valence-electron chi connectivity index (χ3n) is 7.90. The average Bonchev–Trinajstić information content (AvgIpc) is 4.10. The lowest BCUT2D eigenvalue weighted by atomic mass is 10.2. The van der Waals surface area contributed by atoms with E-state index < -0.39 is 12.7 Å². The molecule has 15 nitrogen and oxygen atoms in total. The van der Waals surface area contributed by atoms with Crippen LogP contribution >= 0.6 is 57.5 Å². The van der Waals surface area contributed by atoms with E-state index in [0.29, 0.717) is 39.5 Å². The van der Waals surface area contributed by atoms with E-state index in [4.69, 9.17) is 48.6 Å². The molecule has 8 aromatic rings. The number of hydrogen-bond donors (Lipinski definition) is 1. The second-order valence-corrected chi connectivity index (χ2v) is 16.6. The van der Waals surface area contributed by atoms with Crippen molar-refractivity contribution in [2.24, 2.45) is 0 Å². The summed E-state index contributed by atoms with van der Waals surface area (Å²) in [6.45, 7) is 6.01. The van der Waals surface area contributed by atoms with Crippen molar-refractivity contribution in [1.29, 1.82) is 0 Å². The molecular formula is C39H35Cl3F6N10O5S2. The Morgan fingerprint density at radius 1 is 0.662 bits per heavy atom. The Labute approximate surface area is 388 Å². The van der Waals surface area contributed by atoms with E-state index in [-0.39, 0.29) is 54.0 Å². The first-order chi connectivity index (χ1) is 30.5. The van der Waals surface area contributed by atoms with Crippen molar-refractivity contribution in [3.05, 3.63) is 103 Å². The SMILES string of the molecule is C.C1CCOC1.Cc1nc(-c2nc(-c3ccc(OC(F)(F)F)cc3)no2)n[nH]1.Cc1nc(-c2nc(-c3ccc(OC(F)(F)F)cc3)no2)nn1Cc1ccc(Cl)s1.ClCc1ccc(Cl)s1. The van der Waals surface area contributed by atoms with E-state index in [9.17, 15) is 26.3 Å². The Bertz CT molecular complexity index is 2670. The molecule has 1 N–H and O–H groups in total. The molecule has 0 spiro atoms. The first kappa shape index (κ1) is 50.4. The van der Waals surface area contributed by atoms with Crippen LogP contribution in [0.1, 0.15) is 41.7 Å².